The van der Waals surface area contributed by atoms with Crippen LogP contribution in [0.25, 0.3) is 10.8 Å². The summed E-state index contributed by atoms with van der Waals surface area (Å²) in [5, 5.41) is 27.9. The van der Waals surface area contributed by atoms with Crippen LogP contribution in [-0.2, 0) is 29.0 Å². The Bertz CT molecular complexity index is 1460. The molecule has 0 radical (unpaired) electrons. The zero-order valence-electron chi connectivity index (χ0n) is 24.9. The summed E-state index contributed by atoms with van der Waals surface area (Å²) in [5.74, 6) is -1.41. The van der Waals surface area contributed by atoms with Crippen LogP contribution < -0.4 is 10.6 Å². The minimum atomic E-state index is -1.66. The molecule has 226 valence electrons. The van der Waals surface area contributed by atoms with Crippen molar-refractivity contribution in [2.45, 2.75) is 70.5 Å². The number of hydrogen-bond donors (Lipinski definition) is 4. The molecule has 3 aromatic carbocycles. The van der Waals surface area contributed by atoms with E-state index in [1.807, 2.05) is 74.5 Å². The number of nitrogens with zero attached hydrogens (tertiary/aromatic N) is 2. The third kappa shape index (κ3) is 7.37. The molecule has 1 fully saturated rings. The number of nitrogens with one attached hydrogen (secondary N) is 2. The Balaban J connectivity index is 1.35. The van der Waals surface area contributed by atoms with E-state index < -0.39 is 31.1 Å². The van der Waals surface area contributed by atoms with Gasteiger partial charge in [0.1, 0.15) is 12.1 Å². The Kier molecular flexibility index (Phi) is 9.67. The fourth-order valence-corrected chi connectivity index (χ4v) is 6.26. The summed E-state index contributed by atoms with van der Waals surface area (Å²) < 4.78 is 0. The summed E-state index contributed by atoms with van der Waals surface area (Å²) in [5.41, 5.74) is 3.20. The third-order valence-corrected chi connectivity index (χ3v) is 8.53. The molecule has 2 heterocycles. The average Bonchev–Trinajstić information content (AvgIpc) is 3.50. The van der Waals surface area contributed by atoms with Crippen molar-refractivity contribution >= 4 is 35.7 Å². The Morgan fingerprint density at radius 1 is 0.907 bits per heavy atom. The SMILES string of the molecule is CC(C)C[C@H](NC(=O)N1CCc2ccccc2C1)C(=O)N[C@@H](Cc1ccc2ccccc2c1)C(=O)N1CCC[C@H]1B(O)O. The van der Waals surface area contributed by atoms with Crippen LogP contribution in [0.1, 0.15) is 49.8 Å². The molecule has 10 heteroatoms. The van der Waals surface area contributed by atoms with Gasteiger partial charge in [0.15, 0.2) is 0 Å². The molecule has 0 aliphatic carbocycles. The Morgan fingerprint density at radius 3 is 2.37 bits per heavy atom. The summed E-state index contributed by atoms with van der Waals surface area (Å²) in [6.45, 7) is 5.38. The largest absolute Gasteiger partial charge is 0.475 e. The zero-order valence-corrected chi connectivity index (χ0v) is 24.9. The normalized spacial score (nSPS) is 17.8. The lowest BCUT2D eigenvalue weighted by Crippen LogP contribution is -2.58. The molecule has 2 aliphatic heterocycles. The van der Waals surface area contributed by atoms with E-state index in [-0.39, 0.29) is 24.3 Å². The van der Waals surface area contributed by atoms with Crippen molar-refractivity contribution in [3.63, 3.8) is 0 Å². The van der Waals surface area contributed by atoms with E-state index in [9.17, 15) is 24.4 Å². The van der Waals surface area contributed by atoms with Crippen LogP contribution in [0.4, 0.5) is 4.79 Å². The smallest absolute Gasteiger partial charge is 0.426 e. The second kappa shape index (κ2) is 13.6. The minimum Gasteiger partial charge on any atom is -0.426 e. The van der Waals surface area contributed by atoms with Gasteiger partial charge < -0.3 is 30.5 Å². The van der Waals surface area contributed by atoms with Crippen LogP contribution in [-0.4, -0.2) is 75.9 Å². The molecule has 9 nitrogen and oxygen atoms in total. The predicted octanol–water partition coefficient (Wildman–Crippen LogP) is 3.05. The Morgan fingerprint density at radius 2 is 1.63 bits per heavy atom. The highest BCUT2D eigenvalue weighted by molar-refractivity contribution is 6.43. The molecule has 1 saturated heterocycles. The van der Waals surface area contributed by atoms with Gasteiger partial charge in [-0.1, -0.05) is 80.6 Å². The first-order valence-electron chi connectivity index (χ1n) is 15.3. The van der Waals surface area contributed by atoms with Crippen molar-refractivity contribution < 1.29 is 24.4 Å². The second-order valence-electron chi connectivity index (χ2n) is 12.2. The number of likely N-dealkylation sites (tertiary alicyclic amines) is 1. The number of amides is 4. The number of rotatable bonds is 9. The number of benzene rings is 3. The first kappa shape index (κ1) is 30.6. The van der Waals surface area contributed by atoms with Crippen molar-refractivity contribution in [2.24, 2.45) is 5.92 Å². The summed E-state index contributed by atoms with van der Waals surface area (Å²) in [6, 6.07) is 19.8. The van der Waals surface area contributed by atoms with Crippen LogP contribution in [0.15, 0.2) is 66.7 Å². The summed E-state index contributed by atoms with van der Waals surface area (Å²) in [4.78, 5) is 44.3. The van der Waals surface area contributed by atoms with E-state index in [1.54, 1.807) is 4.90 Å². The maximum Gasteiger partial charge on any atom is 0.475 e. The Labute approximate surface area is 253 Å². The number of fused-ring (bicyclic) bond motifs is 2. The molecule has 3 atom stereocenters. The highest BCUT2D eigenvalue weighted by atomic mass is 16.4. The lowest BCUT2D eigenvalue weighted by Gasteiger charge is -2.32. The molecule has 2 aliphatic rings. The number of urea groups is 1. The van der Waals surface area contributed by atoms with E-state index in [1.165, 1.54) is 10.5 Å². The number of hydrogen-bond acceptors (Lipinski definition) is 5. The lowest BCUT2D eigenvalue weighted by molar-refractivity contribution is -0.137. The third-order valence-electron chi connectivity index (χ3n) is 8.53. The van der Waals surface area contributed by atoms with Gasteiger partial charge in [-0.05, 0) is 59.1 Å². The van der Waals surface area contributed by atoms with Crippen molar-refractivity contribution in [1.82, 2.24) is 20.4 Å². The average molecular weight is 585 g/mol. The quantitative estimate of drug-likeness (QED) is 0.288. The van der Waals surface area contributed by atoms with Crippen molar-refractivity contribution in [3.05, 3.63) is 83.4 Å². The van der Waals surface area contributed by atoms with Gasteiger partial charge in [0.25, 0.3) is 0 Å². The van der Waals surface area contributed by atoms with Crippen LogP contribution >= 0.6 is 0 Å². The highest BCUT2D eigenvalue weighted by Crippen LogP contribution is 2.23. The van der Waals surface area contributed by atoms with Crippen molar-refractivity contribution in [2.75, 3.05) is 13.1 Å². The van der Waals surface area contributed by atoms with Crippen LogP contribution in [0.2, 0.25) is 0 Å². The van der Waals surface area contributed by atoms with Crippen molar-refractivity contribution in [3.8, 4) is 0 Å². The fraction of sp³-hybridized carbons (Fsp3) is 0.424. The molecule has 0 aromatic heterocycles. The molecule has 5 rings (SSSR count). The Hall–Kier alpha value is -3.89. The van der Waals surface area contributed by atoms with E-state index in [0.717, 1.165) is 28.3 Å². The second-order valence-corrected chi connectivity index (χ2v) is 12.2. The maximum absolute atomic E-state index is 13.9. The van der Waals surface area contributed by atoms with Gasteiger partial charge in [-0.15, -0.1) is 0 Å². The first-order chi connectivity index (χ1) is 20.7. The summed E-state index contributed by atoms with van der Waals surface area (Å²) in [7, 11) is -1.66. The van der Waals surface area contributed by atoms with Gasteiger partial charge in [0, 0.05) is 26.1 Å². The molecule has 0 saturated carbocycles. The van der Waals surface area contributed by atoms with Gasteiger partial charge in [-0.3, -0.25) is 9.59 Å². The first-order valence-corrected chi connectivity index (χ1v) is 15.3. The van der Waals surface area contributed by atoms with Crippen molar-refractivity contribution in [1.29, 1.82) is 0 Å². The van der Waals surface area contributed by atoms with E-state index in [2.05, 4.69) is 16.7 Å². The van der Waals surface area contributed by atoms with Gasteiger partial charge in [-0.2, -0.15) is 0 Å². The number of carbonyl (C=O) groups is 3. The molecule has 4 N–H and O–H groups in total. The van der Waals surface area contributed by atoms with Gasteiger partial charge in [0.2, 0.25) is 11.8 Å². The molecule has 0 bridgehead atoms. The predicted molar refractivity (Wildman–Crippen MR) is 167 cm³/mol. The highest BCUT2D eigenvalue weighted by Gasteiger charge is 2.40. The van der Waals surface area contributed by atoms with Gasteiger partial charge in [-0.25, -0.2) is 4.79 Å². The van der Waals surface area contributed by atoms with E-state index in [4.69, 9.17) is 0 Å². The molecular formula is C33H41BN4O5. The standard InChI is InChI=1S/C33H41BN4O5/c1-22(2)18-28(36-33(41)37-17-15-25-9-4-6-11-27(25)21-37)31(39)35-29(32(40)38-16-7-12-30(38)34(42)43)20-23-13-14-24-8-3-5-10-26(24)19-23/h3-6,8-11,13-14,19,22,28-30,42-43H,7,12,15-18,20-21H2,1-2H3,(H,35,39)(H,36,41)/t28-,29-,30-/m0/s1. The monoisotopic (exact) mass is 584 g/mol. The van der Waals surface area contributed by atoms with E-state index >= 15 is 0 Å². The minimum absolute atomic E-state index is 0.111. The summed E-state index contributed by atoms with van der Waals surface area (Å²) >= 11 is 0. The van der Waals surface area contributed by atoms with Crippen LogP contribution in [0, 0.1) is 5.92 Å². The zero-order chi connectivity index (χ0) is 30.5. The maximum atomic E-state index is 13.9. The molecule has 4 amide bonds. The molecule has 3 aromatic rings. The van der Waals surface area contributed by atoms with Gasteiger partial charge in [0.05, 0.1) is 5.94 Å². The van der Waals surface area contributed by atoms with Crippen LogP contribution in [0.5, 0.6) is 0 Å². The van der Waals surface area contributed by atoms with Gasteiger partial charge >= 0.3 is 13.1 Å². The number of carbonyl (C=O) groups excluding carboxylic acids is 3. The molecule has 43 heavy (non-hydrogen) atoms. The molecule has 0 unspecified atom stereocenters. The molecule has 0 spiro atoms. The van der Waals surface area contributed by atoms with Crippen LogP contribution in [0.3, 0.4) is 0 Å². The van der Waals surface area contributed by atoms with E-state index in [0.29, 0.717) is 38.9 Å². The topological polar surface area (TPSA) is 122 Å². The lowest BCUT2D eigenvalue weighted by atomic mass is 9.77. The fourth-order valence-electron chi connectivity index (χ4n) is 6.26. The summed E-state index contributed by atoms with van der Waals surface area (Å²) in [6.07, 6.45) is 2.51. The molecular weight excluding hydrogens is 543 g/mol.